The monoisotopic (exact) mass is 243 g/mol. The molecule has 0 radical (unpaired) electrons. The molecule has 0 aliphatic heterocycles. The highest BCUT2D eigenvalue weighted by atomic mass is 16.6. The largest absolute Gasteiger partial charge is 0.444 e. The van der Waals surface area contributed by atoms with Crippen LogP contribution in [0.15, 0.2) is 0 Å². The molecule has 0 aromatic heterocycles. The average molecular weight is 243 g/mol. The maximum absolute atomic E-state index is 11.6. The molecular weight excluding hydrogens is 218 g/mol. The Kier molecular flexibility index (Phi) is 5.25. The van der Waals surface area contributed by atoms with Gasteiger partial charge in [0, 0.05) is 0 Å². The molecule has 1 rings (SSSR count). The van der Waals surface area contributed by atoms with Crippen molar-refractivity contribution < 1.29 is 14.6 Å². The van der Waals surface area contributed by atoms with E-state index in [1.807, 2.05) is 20.8 Å². The van der Waals surface area contributed by atoms with Crippen LogP contribution in [-0.2, 0) is 4.74 Å². The van der Waals surface area contributed by atoms with Crippen LogP contribution in [0.1, 0.15) is 52.9 Å². The van der Waals surface area contributed by atoms with Gasteiger partial charge in [-0.2, -0.15) is 0 Å². The number of alkyl carbamates (subject to hydrolysis) is 1. The lowest BCUT2D eigenvalue weighted by molar-refractivity contribution is 0.0440. The minimum atomic E-state index is -0.489. The smallest absolute Gasteiger partial charge is 0.407 e. The molecule has 1 fully saturated rings. The van der Waals surface area contributed by atoms with Crippen molar-refractivity contribution in [2.24, 2.45) is 5.92 Å². The predicted octanol–water partition coefficient (Wildman–Crippen LogP) is 2.45. The summed E-state index contributed by atoms with van der Waals surface area (Å²) in [6.07, 6.45) is 5.39. The fourth-order valence-electron chi connectivity index (χ4n) is 2.31. The van der Waals surface area contributed by atoms with Crippen molar-refractivity contribution in [3.05, 3.63) is 0 Å². The van der Waals surface area contributed by atoms with Crippen molar-refractivity contribution in [2.75, 3.05) is 6.61 Å². The molecule has 1 aliphatic rings. The predicted molar refractivity (Wildman–Crippen MR) is 66.8 cm³/mol. The average Bonchev–Trinajstić information content (AvgIpc) is 2.24. The van der Waals surface area contributed by atoms with Crippen LogP contribution in [0.25, 0.3) is 0 Å². The van der Waals surface area contributed by atoms with Crippen LogP contribution in [0, 0.1) is 5.92 Å². The van der Waals surface area contributed by atoms with Crippen molar-refractivity contribution in [3.8, 4) is 0 Å². The zero-order chi connectivity index (χ0) is 12.9. The molecule has 1 aliphatic carbocycles. The maximum atomic E-state index is 11.6. The molecule has 1 amide bonds. The molecule has 0 spiro atoms. The van der Waals surface area contributed by atoms with Gasteiger partial charge in [0.05, 0.1) is 12.6 Å². The van der Waals surface area contributed by atoms with E-state index in [0.29, 0.717) is 5.92 Å². The highest BCUT2D eigenvalue weighted by Gasteiger charge is 2.26. The number of ether oxygens (including phenoxy) is 1. The number of hydrogen-bond acceptors (Lipinski definition) is 3. The Hall–Kier alpha value is -0.770. The number of hydrogen-bond donors (Lipinski definition) is 2. The van der Waals surface area contributed by atoms with Gasteiger partial charge in [-0.25, -0.2) is 4.79 Å². The third kappa shape index (κ3) is 5.39. The molecule has 17 heavy (non-hydrogen) atoms. The molecule has 0 aromatic carbocycles. The first-order chi connectivity index (χ1) is 7.92. The second kappa shape index (κ2) is 6.24. The first-order valence-corrected chi connectivity index (χ1v) is 6.53. The second-order valence-electron chi connectivity index (χ2n) is 5.83. The standard InChI is InChI=1S/C13H25NO3/c1-13(2,3)17-12(16)14-11(9-15)10-7-5-4-6-8-10/h10-11,15H,4-9H2,1-3H3,(H,14,16)/t11-/m0/s1. The third-order valence-corrected chi connectivity index (χ3v) is 3.12. The molecule has 0 aromatic rings. The number of aliphatic hydroxyl groups excluding tert-OH is 1. The zero-order valence-corrected chi connectivity index (χ0v) is 11.2. The van der Waals surface area contributed by atoms with E-state index in [1.165, 1.54) is 19.3 Å². The Balaban J connectivity index is 2.42. The van der Waals surface area contributed by atoms with E-state index in [0.717, 1.165) is 12.8 Å². The van der Waals surface area contributed by atoms with Gasteiger partial charge in [-0.3, -0.25) is 0 Å². The van der Waals surface area contributed by atoms with Crippen molar-refractivity contribution in [3.63, 3.8) is 0 Å². The number of nitrogens with one attached hydrogen (secondary N) is 1. The summed E-state index contributed by atoms with van der Waals surface area (Å²) in [4.78, 5) is 11.6. The topological polar surface area (TPSA) is 58.6 Å². The molecule has 0 unspecified atom stereocenters. The molecule has 4 nitrogen and oxygen atoms in total. The van der Waals surface area contributed by atoms with E-state index < -0.39 is 11.7 Å². The Labute approximate surface area is 104 Å². The van der Waals surface area contributed by atoms with E-state index >= 15 is 0 Å². The Morgan fingerprint density at radius 3 is 2.41 bits per heavy atom. The van der Waals surface area contributed by atoms with Crippen molar-refractivity contribution >= 4 is 6.09 Å². The van der Waals surface area contributed by atoms with Crippen LogP contribution in [0.2, 0.25) is 0 Å². The van der Waals surface area contributed by atoms with Crippen molar-refractivity contribution in [1.29, 1.82) is 0 Å². The molecule has 1 atom stereocenters. The minimum absolute atomic E-state index is 0.0100. The van der Waals surface area contributed by atoms with Gasteiger partial charge >= 0.3 is 6.09 Å². The summed E-state index contributed by atoms with van der Waals surface area (Å²) >= 11 is 0. The normalized spacial score (nSPS) is 19.8. The van der Waals surface area contributed by atoms with Gasteiger partial charge in [0.25, 0.3) is 0 Å². The van der Waals surface area contributed by atoms with Crippen LogP contribution < -0.4 is 5.32 Å². The van der Waals surface area contributed by atoms with Gasteiger partial charge < -0.3 is 15.2 Å². The molecule has 0 heterocycles. The number of carbonyl (C=O) groups is 1. The number of carbonyl (C=O) groups excluding carboxylic acids is 1. The SMILES string of the molecule is CC(C)(C)OC(=O)N[C@@H](CO)C1CCCCC1. The Morgan fingerprint density at radius 2 is 1.94 bits per heavy atom. The van der Waals surface area contributed by atoms with Crippen LogP contribution in [0.3, 0.4) is 0 Å². The first-order valence-electron chi connectivity index (χ1n) is 6.53. The van der Waals surface area contributed by atoms with Crippen molar-refractivity contribution in [1.82, 2.24) is 5.32 Å². The number of aliphatic hydroxyl groups is 1. The van der Waals surface area contributed by atoms with Crippen LogP contribution in [0.5, 0.6) is 0 Å². The van der Waals surface area contributed by atoms with Gasteiger partial charge in [0.15, 0.2) is 0 Å². The lowest BCUT2D eigenvalue weighted by Crippen LogP contribution is -2.45. The van der Waals surface area contributed by atoms with Gasteiger partial charge in [-0.05, 0) is 39.5 Å². The van der Waals surface area contributed by atoms with Crippen molar-refractivity contribution in [2.45, 2.75) is 64.5 Å². The number of amides is 1. The zero-order valence-electron chi connectivity index (χ0n) is 11.2. The minimum Gasteiger partial charge on any atom is -0.444 e. The summed E-state index contributed by atoms with van der Waals surface area (Å²) in [5.41, 5.74) is -0.489. The lowest BCUT2D eigenvalue weighted by atomic mass is 9.84. The lowest BCUT2D eigenvalue weighted by Gasteiger charge is -2.30. The van der Waals surface area contributed by atoms with E-state index in [-0.39, 0.29) is 12.6 Å². The van der Waals surface area contributed by atoms with E-state index in [4.69, 9.17) is 4.74 Å². The molecule has 0 saturated heterocycles. The van der Waals surface area contributed by atoms with Gasteiger partial charge in [0.1, 0.15) is 5.60 Å². The Morgan fingerprint density at radius 1 is 1.35 bits per heavy atom. The van der Waals surface area contributed by atoms with Crippen LogP contribution in [-0.4, -0.2) is 29.4 Å². The summed E-state index contributed by atoms with van der Waals surface area (Å²) in [5.74, 6) is 0.390. The quantitative estimate of drug-likeness (QED) is 0.800. The summed E-state index contributed by atoms with van der Waals surface area (Å²) in [6, 6.07) is -0.162. The van der Waals surface area contributed by atoms with E-state index in [2.05, 4.69) is 5.32 Å². The summed E-state index contributed by atoms with van der Waals surface area (Å²) < 4.78 is 5.20. The summed E-state index contributed by atoms with van der Waals surface area (Å²) in [7, 11) is 0. The maximum Gasteiger partial charge on any atom is 0.407 e. The first kappa shape index (κ1) is 14.3. The third-order valence-electron chi connectivity index (χ3n) is 3.12. The summed E-state index contributed by atoms with van der Waals surface area (Å²) in [6.45, 7) is 5.49. The fraction of sp³-hybridized carbons (Fsp3) is 0.923. The second-order valence-corrected chi connectivity index (χ2v) is 5.83. The molecule has 2 N–H and O–H groups in total. The molecule has 4 heteroatoms. The Bertz CT molecular complexity index is 242. The van der Waals surface area contributed by atoms with Gasteiger partial charge in [-0.15, -0.1) is 0 Å². The molecule has 100 valence electrons. The van der Waals surface area contributed by atoms with Gasteiger partial charge in [-0.1, -0.05) is 19.3 Å². The highest BCUT2D eigenvalue weighted by Crippen LogP contribution is 2.26. The van der Waals surface area contributed by atoms with E-state index in [9.17, 15) is 9.90 Å². The number of rotatable bonds is 3. The summed E-state index contributed by atoms with van der Waals surface area (Å²) in [5, 5.41) is 12.1. The molecule has 0 bridgehead atoms. The van der Waals surface area contributed by atoms with E-state index in [1.54, 1.807) is 0 Å². The molecular formula is C13H25NO3. The van der Waals surface area contributed by atoms with Crippen LogP contribution in [0.4, 0.5) is 4.79 Å². The highest BCUT2D eigenvalue weighted by molar-refractivity contribution is 5.68. The molecule has 1 saturated carbocycles. The fourth-order valence-corrected chi connectivity index (χ4v) is 2.31. The van der Waals surface area contributed by atoms with Gasteiger partial charge in [0.2, 0.25) is 0 Å². The van der Waals surface area contributed by atoms with Crippen LogP contribution >= 0.6 is 0 Å².